The Balaban J connectivity index is 1.99. The Labute approximate surface area is 73.6 Å². The highest BCUT2D eigenvalue weighted by Crippen LogP contribution is 2.25. The zero-order chi connectivity index (χ0) is 8.39. The van der Waals surface area contributed by atoms with E-state index in [1.165, 1.54) is 31.6 Å². The van der Waals surface area contributed by atoms with Gasteiger partial charge in [0.05, 0.1) is 0 Å². The van der Waals surface area contributed by atoms with Crippen LogP contribution in [0.1, 0.15) is 24.5 Å². The zero-order valence-electron chi connectivity index (χ0n) is 7.59. The second-order valence-electron chi connectivity index (χ2n) is 3.70. The number of H-pyrrole nitrogens is 1. The van der Waals surface area contributed by atoms with Crippen molar-refractivity contribution in [3.8, 4) is 0 Å². The minimum Gasteiger partial charge on any atom is -0.365 e. The lowest BCUT2D eigenvalue weighted by Crippen LogP contribution is -2.29. The van der Waals surface area contributed by atoms with Crippen LogP contribution in [0.3, 0.4) is 0 Å². The van der Waals surface area contributed by atoms with Crippen molar-refractivity contribution >= 4 is 0 Å². The van der Waals surface area contributed by atoms with Crippen LogP contribution in [0.15, 0.2) is 18.3 Å². The molecule has 0 saturated carbocycles. The summed E-state index contributed by atoms with van der Waals surface area (Å²) in [6.07, 6.45) is 4.63. The lowest BCUT2D eigenvalue weighted by atomic mass is 9.94. The van der Waals surface area contributed by atoms with E-state index >= 15 is 0 Å². The first kappa shape index (κ1) is 7.87. The molecule has 66 valence electrons. The van der Waals surface area contributed by atoms with Crippen molar-refractivity contribution in [1.82, 2.24) is 9.88 Å². The molecule has 12 heavy (non-hydrogen) atoms. The van der Waals surface area contributed by atoms with E-state index in [2.05, 4.69) is 29.1 Å². The number of likely N-dealkylation sites (tertiary alicyclic amines) is 1. The van der Waals surface area contributed by atoms with Crippen LogP contribution in [-0.2, 0) is 0 Å². The fourth-order valence-electron chi connectivity index (χ4n) is 1.92. The van der Waals surface area contributed by atoms with Gasteiger partial charge in [-0.3, -0.25) is 0 Å². The molecule has 0 spiro atoms. The molecule has 0 amide bonds. The van der Waals surface area contributed by atoms with E-state index in [0.717, 1.165) is 5.92 Å². The van der Waals surface area contributed by atoms with Crippen molar-refractivity contribution in [2.75, 3.05) is 20.1 Å². The molecular formula is C10H16N2. The van der Waals surface area contributed by atoms with E-state index in [1.807, 2.05) is 6.20 Å². The summed E-state index contributed by atoms with van der Waals surface area (Å²) >= 11 is 0. The van der Waals surface area contributed by atoms with Gasteiger partial charge >= 0.3 is 0 Å². The van der Waals surface area contributed by atoms with Gasteiger partial charge in [0.25, 0.3) is 0 Å². The molecule has 0 aliphatic carbocycles. The van der Waals surface area contributed by atoms with Gasteiger partial charge in [0.1, 0.15) is 0 Å². The molecule has 1 aromatic heterocycles. The SMILES string of the molecule is CN1CCC(c2ccc[nH]2)CC1. The van der Waals surface area contributed by atoms with Crippen molar-refractivity contribution in [2.45, 2.75) is 18.8 Å². The summed E-state index contributed by atoms with van der Waals surface area (Å²) in [6, 6.07) is 4.30. The minimum absolute atomic E-state index is 0.774. The Morgan fingerprint density at radius 3 is 2.75 bits per heavy atom. The summed E-state index contributed by atoms with van der Waals surface area (Å²) in [5, 5.41) is 0. The average molecular weight is 164 g/mol. The summed E-state index contributed by atoms with van der Waals surface area (Å²) in [5.74, 6) is 0.774. The highest BCUT2D eigenvalue weighted by molar-refractivity contribution is 5.10. The fourth-order valence-corrected chi connectivity index (χ4v) is 1.92. The molecule has 1 aromatic rings. The molecule has 2 nitrogen and oxygen atoms in total. The lowest BCUT2D eigenvalue weighted by molar-refractivity contribution is 0.253. The topological polar surface area (TPSA) is 19.0 Å². The monoisotopic (exact) mass is 164 g/mol. The van der Waals surface area contributed by atoms with Crippen molar-refractivity contribution in [2.24, 2.45) is 0 Å². The average Bonchev–Trinajstić information content (AvgIpc) is 2.58. The molecule has 1 N–H and O–H groups in total. The number of hydrogen-bond acceptors (Lipinski definition) is 1. The van der Waals surface area contributed by atoms with Crippen LogP contribution in [0.4, 0.5) is 0 Å². The Morgan fingerprint density at radius 2 is 2.17 bits per heavy atom. The predicted octanol–water partition coefficient (Wildman–Crippen LogP) is 1.82. The highest BCUT2D eigenvalue weighted by Gasteiger charge is 2.18. The molecule has 1 aliphatic heterocycles. The van der Waals surface area contributed by atoms with Crippen LogP contribution in [0.25, 0.3) is 0 Å². The van der Waals surface area contributed by atoms with E-state index in [-0.39, 0.29) is 0 Å². The Kier molecular flexibility index (Phi) is 2.17. The predicted molar refractivity (Wildman–Crippen MR) is 50.3 cm³/mol. The molecule has 0 radical (unpaired) electrons. The molecule has 2 rings (SSSR count). The van der Waals surface area contributed by atoms with Crippen LogP contribution in [-0.4, -0.2) is 30.0 Å². The standard InChI is InChI=1S/C10H16N2/c1-12-7-4-9(5-8-12)10-3-2-6-11-10/h2-3,6,9,11H,4-5,7-8H2,1H3. The van der Waals surface area contributed by atoms with Gasteiger partial charge in [-0.1, -0.05) is 0 Å². The molecule has 1 fully saturated rings. The largest absolute Gasteiger partial charge is 0.365 e. The zero-order valence-corrected chi connectivity index (χ0v) is 7.59. The summed E-state index contributed by atoms with van der Waals surface area (Å²) in [7, 11) is 2.20. The summed E-state index contributed by atoms with van der Waals surface area (Å²) in [4.78, 5) is 5.71. The summed E-state index contributed by atoms with van der Waals surface area (Å²) in [5.41, 5.74) is 1.42. The smallest absolute Gasteiger partial charge is 0.0179 e. The van der Waals surface area contributed by atoms with Gasteiger partial charge in [-0.2, -0.15) is 0 Å². The number of nitrogens with one attached hydrogen (secondary N) is 1. The van der Waals surface area contributed by atoms with Crippen molar-refractivity contribution < 1.29 is 0 Å². The first-order valence-corrected chi connectivity index (χ1v) is 4.68. The molecule has 0 bridgehead atoms. The number of piperidine rings is 1. The van der Waals surface area contributed by atoms with E-state index in [1.54, 1.807) is 0 Å². The van der Waals surface area contributed by atoms with Crippen molar-refractivity contribution in [3.63, 3.8) is 0 Å². The van der Waals surface area contributed by atoms with Crippen LogP contribution in [0.5, 0.6) is 0 Å². The third-order valence-electron chi connectivity index (χ3n) is 2.78. The van der Waals surface area contributed by atoms with Gasteiger partial charge in [-0.25, -0.2) is 0 Å². The third-order valence-corrected chi connectivity index (χ3v) is 2.78. The quantitative estimate of drug-likeness (QED) is 0.671. The van der Waals surface area contributed by atoms with Gasteiger partial charge in [0.2, 0.25) is 0 Å². The van der Waals surface area contributed by atoms with Gasteiger partial charge in [0, 0.05) is 17.8 Å². The first-order chi connectivity index (χ1) is 5.86. The second kappa shape index (κ2) is 3.31. The van der Waals surface area contributed by atoms with Crippen LogP contribution in [0.2, 0.25) is 0 Å². The molecule has 2 heteroatoms. The third kappa shape index (κ3) is 1.53. The maximum Gasteiger partial charge on any atom is 0.0179 e. The Hall–Kier alpha value is -0.760. The van der Waals surface area contributed by atoms with Gasteiger partial charge in [-0.15, -0.1) is 0 Å². The van der Waals surface area contributed by atoms with Crippen LogP contribution < -0.4 is 0 Å². The van der Waals surface area contributed by atoms with E-state index in [0.29, 0.717) is 0 Å². The van der Waals surface area contributed by atoms with Crippen LogP contribution >= 0.6 is 0 Å². The number of rotatable bonds is 1. The second-order valence-corrected chi connectivity index (χ2v) is 3.70. The Morgan fingerprint density at radius 1 is 1.42 bits per heavy atom. The van der Waals surface area contributed by atoms with Crippen molar-refractivity contribution in [3.05, 3.63) is 24.0 Å². The number of nitrogens with zero attached hydrogens (tertiary/aromatic N) is 1. The maximum atomic E-state index is 3.30. The molecule has 1 saturated heterocycles. The molecule has 0 unspecified atom stereocenters. The molecular weight excluding hydrogens is 148 g/mol. The summed E-state index contributed by atoms with van der Waals surface area (Å²) < 4.78 is 0. The van der Waals surface area contributed by atoms with Gasteiger partial charge in [-0.05, 0) is 45.1 Å². The summed E-state index contributed by atoms with van der Waals surface area (Å²) in [6.45, 7) is 2.48. The van der Waals surface area contributed by atoms with E-state index in [9.17, 15) is 0 Å². The number of aromatic amines is 1. The Bertz CT molecular complexity index is 220. The number of hydrogen-bond donors (Lipinski definition) is 1. The van der Waals surface area contributed by atoms with Gasteiger partial charge in [0.15, 0.2) is 0 Å². The molecule has 1 aliphatic rings. The highest BCUT2D eigenvalue weighted by atomic mass is 15.1. The molecule has 0 atom stereocenters. The lowest BCUT2D eigenvalue weighted by Gasteiger charge is -2.28. The minimum atomic E-state index is 0.774. The van der Waals surface area contributed by atoms with E-state index in [4.69, 9.17) is 0 Å². The normalized spacial score (nSPS) is 21.4. The van der Waals surface area contributed by atoms with Gasteiger partial charge < -0.3 is 9.88 Å². The molecule has 0 aromatic carbocycles. The number of aromatic nitrogens is 1. The molecule has 2 heterocycles. The van der Waals surface area contributed by atoms with Crippen LogP contribution in [0, 0.1) is 0 Å². The maximum absolute atomic E-state index is 3.30. The van der Waals surface area contributed by atoms with E-state index < -0.39 is 0 Å². The first-order valence-electron chi connectivity index (χ1n) is 4.68. The van der Waals surface area contributed by atoms with Crippen molar-refractivity contribution in [1.29, 1.82) is 0 Å². The fraction of sp³-hybridized carbons (Fsp3) is 0.600.